The number of benzene rings is 2. The fraction of sp³-hybridized carbons (Fsp3) is 0.348. The second-order valence-electron chi connectivity index (χ2n) is 7.19. The molecule has 0 aliphatic rings. The summed E-state index contributed by atoms with van der Waals surface area (Å²) >= 11 is 0. The molecule has 0 aromatic heterocycles. The molecule has 35 heavy (non-hydrogen) atoms. The third-order valence-electron chi connectivity index (χ3n) is 4.43. The lowest BCUT2D eigenvalue weighted by molar-refractivity contribution is -0.144. The fourth-order valence-electron chi connectivity index (χ4n) is 2.70. The molecule has 0 unspecified atom stereocenters. The van der Waals surface area contributed by atoms with Crippen molar-refractivity contribution >= 4 is 17.9 Å². The van der Waals surface area contributed by atoms with Crippen LogP contribution in [0.3, 0.4) is 0 Å². The average molecular weight is 506 g/mol. The first kappa shape index (κ1) is 27.7. The lowest BCUT2D eigenvalue weighted by atomic mass is 10.1. The average Bonchev–Trinajstić information content (AvgIpc) is 2.77. The third kappa shape index (κ3) is 8.30. The van der Waals surface area contributed by atoms with Gasteiger partial charge in [-0.05, 0) is 41.5 Å². The maximum atomic E-state index is 13.0. The van der Waals surface area contributed by atoms with E-state index in [2.05, 4.69) is 0 Å². The van der Waals surface area contributed by atoms with E-state index in [0.29, 0.717) is 12.1 Å². The van der Waals surface area contributed by atoms with Crippen molar-refractivity contribution < 1.29 is 54.9 Å². The normalized spacial score (nSPS) is 11.7. The van der Waals surface area contributed by atoms with E-state index in [1.165, 1.54) is 25.1 Å². The molecule has 6 nitrogen and oxygen atoms in total. The largest absolute Gasteiger partial charge is 0.461 e. The van der Waals surface area contributed by atoms with Gasteiger partial charge in [-0.1, -0.05) is 19.9 Å². The van der Waals surface area contributed by atoms with Crippen molar-refractivity contribution in [1.82, 2.24) is 0 Å². The molecule has 0 bridgehead atoms. The Labute approximate surface area is 195 Å². The highest BCUT2D eigenvalue weighted by Gasteiger charge is 2.37. The number of halogens is 6. The Hall–Kier alpha value is -3.57. The van der Waals surface area contributed by atoms with Gasteiger partial charge in [0.1, 0.15) is 6.61 Å². The maximum Gasteiger partial charge on any atom is 0.416 e. The van der Waals surface area contributed by atoms with Crippen LogP contribution in [0.4, 0.5) is 26.3 Å². The molecule has 0 aliphatic carbocycles. The van der Waals surface area contributed by atoms with Gasteiger partial charge < -0.3 is 14.2 Å². The van der Waals surface area contributed by atoms with Crippen molar-refractivity contribution in [3.63, 3.8) is 0 Å². The summed E-state index contributed by atoms with van der Waals surface area (Å²) in [6.07, 6.45) is -10.5. The number of carbonyl (C=O) groups is 3. The van der Waals surface area contributed by atoms with E-state index < -0.39 is 60.0 Å². The van der Waals surface area contributed by atoms with Gasteiger partial charge in [-0.2, -0.15) is 26.3 Å². The van der Waals surface area contributed by atoms with Crippen LogP contribution in [0.15, 0.2) is 36.4 Å². The predicted molar refractivity (Wildman–Crippen MR) is 108 cm³/mol. The van der Waals surface area contributed by atoms with Crippen molar-refractivity contribution in [1.29, 1.82) is 0 Å². The second-order valence-corrected chi connectivity index (χ2v) is 7.19. The number of hydrogen-bond acceptors (Lipinski definition) is 6. The quantitative estimate of drug-likeness (QED) is 0.262. The number of carbonyl (C=O) groups excluding carboxylic acids is 3. The van der Waals surface area contributed by atoms with Gasteiger partial charge >= 0.3 is 30.3 Å². The standard InChI is InChI=1S/C23H20F6O6/c1-3-19(30)34-17-6-5-13(9-18(17)35-20(31)4-2)10-21(32)33-12-14-7-15(22(24,25)26)11-16(8-14)23(27,28)29/h5-9,11H,3-4,10,12H2,1-2H3. The Morgan fingerprint density at radius 3 is 1.69 bits per heavy atom. The zero-order valence-corrected chi connectivity index (χ0v) is 18.5. The molecule has 12 heteroatoms. The van der Waals surface area contributed by atoms with Crippen molar-refractivity contribution in [2.24, 2.45) is 0 Å². The van der Waals surface area contributed by atoms with Crippen molar-refractivity contribution in [3.05, 3.63) is 58.7 Å². The zero-order valence-electron chi connectivity index (χ0n) is 18.5. The van der Waals surface area contributed by atoms with Crippen LogP contribution in [-0.2, 0) is 44.5 Å². The highest BCUT2D eigenvalue weighted by molar-refractivity contribution is 5.77. The highest BCUT2D eigenvalue weighted by Crippen LogP contribution is 2.36. The van der Waals surface area contributed by atoms with E-state index in [1.54, 1.807) is 6.92 Å². The predicted octanol–water partition coefficient (Wildman–Crippen LogP) is 5.64. The summed E-state index contributed by atoms with van der Waals surface area (Å²) in [5.74, 6) is -2.44. The molecule has 0 radical (unpaired) electrons. The Morgan fingerprint density at radius 1 is 0.686 bits per heavy atom. The van der Waals surface area contributed by atoms with Crippen molar-refractivity contribution in [3.8, 4) is 11.5 Å². The first-order valence-corrected chi connectivity index (χ1v) is 10.2. The van der Waals surface area contributed by atoms with E-state index in [9.17, 15) is 40.7 Å². The summed E-state index contributed by atoms with van der Waals surface area (Å²) in [4.78, 5) is 35.4. The van der Waals surface area contributed by atoms with Gasteiger partial charge in [-0.25, -0.2) is 0 Å². The van der Waals surface area contributed by atoms with Gasteiger partial charge in [0.25, 0.3) is 0 Å². The Bertz CT molecular complexity index is 1060. The second kappa shape index (κ2) is 11.2. The Kier molecular flexibility index (Phi) is 8.88. The molecule has 0 amide bonds. The van der Waals surface area contributed by atoms with Crippen LogP contribution in [0, 0.1) is 0 Å². The van der Waals surface area contributed by atoms with E-state index >= 15 is 0 Å². The van der Waals surface area contributed by atoms with E-state index in [-0.39, 0.29) is 36.0 Å². The molecule has 2 aromatic rings. The van der Waals surface area contributed by atoms with Gasteiger partial charge in [-0.3, -0.25) is 14.4 Å². The number of esters is 3. The zero-order chi connectivity index (χ0) is 26.4. The molecule has 190 valence electrons. The molecule has 0 saturated heterocycles. The molecule has 0 heterocycles. The third-order valence-corrected chi connectivity index (χ3v) is 4.43. The Balaban J connectivity index is 2.18. The molecule has 2 rings (SSSR count). The Morgan fingerprint density at radius 2 is 1.20 bits per heavy atom. The number of rotatable bonds is 8. The summed E-state index contributed by atoms with van der Waals surface area (Å²) in [5, 5.41) is 0. The van der Waals surface area contributed by atoms with Gasteiger partial charge in [0.2, 0.25) is 0 Å². The lowest BCUT2D eigenvalue weighted by Gasteiger charge is -2.14. The van der Waals surface area contributed by atoms with Gasteiger partial charge in [0, 0.05) is 12.8 Å². The van der Waals surface area contributed by atoms with Crippen LogP contribution in [-0.4, -0.2) is 17.9 Å². The molecule has 0 fully saturated rings. The molecular formula is C23H20F6O6. The number of ether oxygens (including phenoxy) is 3. The summed E-state index contributed by atoms with van der Waals surface area (Å²) in [6, 6.07) is 4.76. The van der Waals surface area contributed by atoms with Crippen LogP contribution in [0.1, 0.15) is 48.9 Å². The highest BCUT2D eigenvalue weighted by atomic mass is 19.4. The first-order chi connectivity index (χ1) is 16.2. The van der Waals surface area contributed by atoms with Gasteiger partial charge in [0.05, 0.1) is 17.5 Å². The molecule has 0 aliphatic heterocycles. The lowest BCUT2D eigenvalue weighted by Crippen LogP contribution is -2.14. The minimum atomic E-state index is -5.03. The number of alkyl halides is 6. The number of hydrogen-bond donors (Lipinski definition) is 0. The van der Waals surface area contributed by atoms with Crippen LogP contribution < -0.4 is 9.47 Å². The summed E-state index contributed by atoms with van der Waals surface area (Å²) < 4.78 is 92.8. The van der Waals surface area contributed by atoms with Gasteiger partial charge in [0.15, 0.2) is 11.5 Å². The van der Waals surface area contributed by atoms with E-state index in [0.717, 1.165) is 0 Å². The van der Waals surface area contributed by atoms with Crippen LogP contribution in [0.25, 0.3) is 0 Å². The minimum absolute atomic E-state index is 0.00430. The van der Waals surface area contributed by atoms with E-state index in [4.69, 9.17) is 14.2 Å². The topological polar surface area (TPSA) is 78.9 Å². The van der Waals surface area contributed by atoms with E-state index in [1.807, 2.05) is 0 Å². The van der Waals surface area contributed by atoms with Gasteiger partial charge in [-0.15, -0.1) is 0 Å². The summed E-state index contributed by atoms with van der Waals surface area (Å²) in [6.45, 7) is 2.24. The first-order valence-electron chi connectivity index (χ1n) is 10.2. The molecule has 0 saturated carbocycles. The monoisotopic (exact) mass is 506 g/mol. The molecular weight excluding hydrogens is 486 g/mol. The molecule has 0 N–H and O–H groups in total. The summed E-state index contributed by atoms with van der Waals surface area (Å²) in [7, 11) is 0. The molecule has 0 atom stereocenters. The smallest absolute Gasteiger partial charge is 0.416 e. The molecule has 0 spiro atoms. The van der Waals surface area contributed by atoms with Crippen LogP contribution >= 0.6 is 0 Å². The maximum absolute atomic E-state index is 13.0. The SMILES string of the molecule is CCC(=O)Oc1ccc(CC(=O)OCc2cc(C(F)(F)F)cc(C(F)(F)F)c2)cc1OC(=O)CC. The van der Waals surface area contributed by atoms with Crippen molar-refractivity contribution in [2.75, 3.05) is 0 Å². The fourth-order valence-corrected chi connectivity index (χ4v) is 2.70. The molecule has 2 aromatic carbocycles. The van der Waals surface area contributed by atoms with Crippen LogP contribution in [0.5, 0.6) is 11.5 Å². The summed E-state index contributed by atoms with van der Waals surface area (Å²) in [5.41, 5.74) is -3.33. The minimum Gasteiger partial charge on any atom is -0.461 e. The van der Waals surface area contributed by atoms with Crippen LogP contribution in [0.2, 0.25) is 0 Å². The van der Waals surface area contributed by atoms with Crippen molar-refractivity contribution in [2.45, 2.75) is 52.1 Å².